The molecule has 0 radical (unpaired) electrons. The van der Waals surface area contributed by atoms with Gasteiger partial charge in [-0.25, -0.2) is 9.78 Å². The number of thioether (sulfide) groups is 1. The van der Waals surface area contributed by atoms with Gasteiger partial charge in [-0.2, -0.15) is 0 Å². The lowest BCUT2D eigenvalue weighted by Gasteiger charge is -1.98. The van der Waals surface area contributed by atoms with Crippen molar-refractivity contribution in [3.05, 3.63) is 44.7 Å². The fourth-order valence-electron chi connectivity index (χ4n) is 1.16. The third-order valence-electron chi connectivity index (χ3n) is 1.93. The van der Waals surface area contributed by atoms with Gasteiger partial charge in [0.15, 0.2) is 0 Å². The summed E-state index contributed by atoms with van der Waals surface area (Å²) in [5.74, 6) is -0.125. The molecule has 2 aromatic heterocycles. The first kappa shape index (κ1) is 12.6. The quantitative estimate of drug-likeness (QED) is 0.864. The summed E-state index contributed by atoms with van der Waals surface area (Å²) in [6.45, 7) is 0. The van der Waals surface area contributed by atoms with Gasteiger partial charge >= 0.3 is 5.97 Å². The Balaban J connectivity index is 1.97. The van der Waals surface area contributed by atoms with Gasteiger partial charge in [-0.15, -0.1) is 23.1 Å². The SMILES string of the molecule is O=C(O)c1ccc(CSc2ccc(Br)cn2)s1. The Hall–Kier alpha value is -0.850. The smallest absolute Gasteiger partial charge is 0.345 e. The molecule has 0 unspecified atom stereocenters. The van der Waals surface area contributed by atoms with Crippen molar-refractivity contribution in [3.8, 4) is 0 Å². The fourth-order valence-corrected chi connectivity index (χ4v) is 3.13. The van der Waals surface area contributed by atoms with Gasteiger partial charge in [-0.1, -0.05) is 0 Å². The highest BCUT2D eigenvalue weighted by Gasteiger charge is 2.07. The molecule has 0 aromatic carbocycles. The Bertz CT molecular complexity index is 525. The minimum Gasteiger partial charge on any atom is -0.477 e. The van der Waals surface area contributed by atoms with Gasteiger partial charge in [0.1, 0.15) is 4.88 Å². The van der Waals surface area contributed by atoms with Crippen molar-refractivity contribution in [1.82, 2.24) is 4.98 Å². The molecule has 17 heavy (non-hydrogen) atoms. The van der Waals surface area contributed by atoms with E-state index in [1.807, 2.05) is 18.2 Å². The number of hydrogen-bond donors (Lipinski definition) is 1. The van der Waals surface area contributed by atoms with Crippen LogP contribution in [0.15, 0.2) is 40.0 Å². The van der Waals surface area contributed by atoms with E-state index in [0.29, 0.717) is 4.88 Å². The molecule has 6 heteroatoms. The summed E-state index contributed by atoms with van der Waals surface area (Å²) >= 11 is 6.22. The van der Waals surface area contributed by atoms with Crippen molar-refractivity contribution in [3.63, 3.8) is 0 Å². The van der Waals surface area contributed by atoms with Crippen LogP contribution in [0.25, 0.3) is 0 Å². The molecule has 0 amide bonds. The summed E-state index contributed by atoms with van der Waals surface area (Å²) < 4.78 is 0.950. The van der Waals surface area contributed by atoms with Crippen molar-refractivity contribution in [2.24, 2.45) is 0 Å². The first-order valence-corrected chi connectivity index (χ1v) is 7.31. The second-order valence-corrected chi connectivity index (χ2v) is 6.25. The largest absolute Gasteiger partial charge is 0.477 e. The van der Waals surface area contributed by atoms with Crippen LogP contribution in [0, 0.1) is 0 Å². The van der Waals surface area contributed by atoms with E-state index >= 15 is 0 Å². The number of aromatic nitrogens is 1. The molecule has 3 nitrogen and oxygen atoms in total. The highest BCUT2D eigenvalue weighted by Crippen LogP contribution is 2.26. The van der Waals surface area contributed by atoms with Crippen LogP contribution in [0.4, 0.5) is 0 Å². The Morgan fingerprint density at radius 3 is 2.82 bits per heavy atom. The number of carboxylic acids is 1. The lowest BCUT2D eigenvalue weighted by molar-refractivity contribution is 0.0702. The van der Waals surface area contributed by atoms with E-state index in [1.54, 1.807) is 24.0 Å². The minimum absolute atomic E-state index is 0.379. The van der Waals surface area contributed by atoms with Crippen molar-refractivity contribution in [2.45, 2.75) is 10.8 Å². The zero-order valence-corrected chi connectivity index (χ0v) is 11.8. The molecule has 0 bridgehead atoms. The highest BCUT2D eigenvalue weighted by molar-refractivity contribution is 9.10. The second-order valence-electron chi connectivity index (χ2n) is 3.17. The number of pyridine rings is 1. The van der Waals surface area contributed by atoms with Crippen LogP contribution in [0.2, 0.25) is 0 Å². The molecule has 0 atom stereocenters. The van der Waals surface area contributed by atoms with Crippen LogP contribution >= 0.6 is 39.0 Å². The molecule has 0 saturated carbocycles. The molecule has 0 saturated heterocycles. The van der Waals surface area contributed by atoms with Gasteiger partial charge in [-0.05, 0) is 40.2 Å². The zero-order chi connectivity index (χ0) is 12.3. The first-order chi connectivity index (χ1) is 8.15. The van der Waals surface area contributed by atoms with E-state index in [-0.39, 0.29) is 0 Å². The molecule has 2 heterocycles. The van der Waals surface area contributed by atoms with E-state index in [4.69, 9.17) is 5.11 Å². The van der Waals surface area contributed by atoms with Crippen molar-refractivity contribution in [2.75, 3.05) is 0 Å². The maximum Gasteiger partial charge on any atom is 0.345 e. The molecule has 1 N–H and O–H groups in total. The van der Waals surface area contributed by atoms with Gasteiger partial charge in [0.2, 0.25) is 0 Å². The van der Waals surface area contributed by atoms with Crippen LogP contribution in [0.3, 0.4) is 0 Å². The van der Waals surface area contributed by atoms with E-state index in [0.717, 1.165) is 20.1 Å². The average Bonchev–Trinajstić information content (AvgIpc) is 2.77. The molecule has 0 aliphatic carbocycles. The maximum absolute atomic E-state index is 10.7. The standard InChI is InChI=1S/C11H8BrNO2S2/c12-7-1-4-10(13-5-7)16-6-8-2-3-9(17-8)11(14)15/h1-5H,6H2,(H,14,15). The number of nitrogens with zero attached hydrogens (tertiary/aromatic N) is 1. The molecule has 88 valence electrons. The van der Waals surface area contributed by atoms with E-state index in [2.05, 4.69) is 20.9 Å². The summed E-state index contributed by atoms with van der Waals surface area (Å²) in [6, 6.07) is 7.35. The van der Waals surface area contributed by atoms with Crippen LogP contribution < -0.4 is 0 Å². The van der Waals surface area contributed by atoms with E-state index in [1.165, 1.54) is 11.3 Å². The van der Waals surface area contributed by atoms with Gasteiger partial charge in [-0.3, -0.25) is 0 Å². The minimum atomic E-state index is -0.868. The third-order valence-corrected chi connectivity index (χ3v) is 4.65. The van der Waals surface area contributed by atoms with E-state index < -0.39 is 5.97 Å². The third kappa shape index (κ3) is 3.55. The maximum atomic E-state index is 10.7. The second kappa shape index (κ2) is 5.66. The molecular formula is C11H8BrNO2S2. The van der Waals surface area contributed by atoms with Crippen LogP contribution in [0.5, 0.6) is 0 Å². The van der Waals surface area contributed by atoms with Gasteiger partial charge < -0.3 is 5.11 Å². The number of carbonyl (C=O) groups is 1. The highest BCUT2D eigenvalue weighted by atomic mass is 79.9. The summed E-state index contributed by atoms with van der Waals surface area (Å²) in [6.07, 6.45) is 1.75. The lowest BCUT2D eigenvalue weighted by Crippen LogP contribution is -1.89. The number of hydrogen-bond acceptors (Lipinski definition) is 4. The Morgan fingerprint density at radius 1 is 1.41 bits per heavy atom. The van der Waals surface area contributed by atoms with Gasteiger partial charge in [0.05, 0.1) is 5.03 Å². The molecule has 0 aliphatic rings. The van der Waals surface area contributed by atoms with Gasteiger partial charge in [0.25, 0.3) is 0 Å². The summed E-state index contributed by atoms with van der Waals surface area (Å²) in [5, 5.41) is 9.73. The first-order valence-electron chi connectivity index (χ1n) is 4.71. The molecule has 0 fully saturated rings. The van der Waals surface area contributed by atoms with Crippen LogP contribution in [0.1, 0.15) is 14.5 Å². The fraction of sp³-hybridized carbons (Fsp3) is 0.0909. The van der Waals surface area contributed by atoms with Crippen molar-refractivity contribution >= 4 is 45.0 Å². The van der Waals surface area contributed by atoms with Crippen molar-refractivity contribution < 1.29 is 9.90 Å². The van der Waals surface area contributed by atoms with Crippen LogP contribution in [-0.4, -0.2) is 16.1 Å². The van der Waals surface area contributed by atoms with Crippen molar-refractivity contribution in [1.29, 1.82) is 0 Å². The van der Waals surface area contributed by atoms with E-state index in [9.17, 15) is 4.79 Å². The number of aromatic carboxylic acids is 1. The monoisotopic (exact) mass is 329 g/mol. The predicted molar refractivity (Wildman–Crippen MR) is 72.8 cm³/mol. The molecule has 2 rings (SSSR count). The molecule has 0 spiro atoms. The molecule has 0 aliphatic heterocycles. The Morgan fingerprint density at radius 2 is 2.24 bits per heavy atom. The summed E-state index contributed by atoms with van der Waals surface area (Å²) in [5.41, 5.74) is 0. The topological polar surface area (TPSA) is 50.2 Å². The number of halogens is 1. The summed E-state index contributed by atoms with van der Waals surface area (Å²) in [7, 11) is 0. The molecule has 2 aromatic rings. The number of rotatable bonds is 4. The Labute approximate surface area is 115 Å². The summed E-state index contributed by atoms with van der Waals surface area (Å²) in [4.78, 5) is 16.4. The number of carboxylic acid groups (broad SMARTS) is 1. The predicted octanol–water partition coefficient (Wildman–Crippen LogP) is 3.90. The van der Waals surface area contributed by atoms with Crippen LogP contribution in [-0.2, 0) is 5.75 Å². The lowest BCUT2D eigenvalue weighted by atomic mass is 10.4. The van der Waals surface area contributed by atoms with Gasteiger partial charge in [0, 0.05) is 21.3 Å². The Kier molecular flexibility index (Phi) is 4.20. The average molecular weight is 330 g/mol. The zero-order valence-electron chi connectivity index (χ0n) is 8.59. The number of thiophene rings is 1. The molecular weight excluding hydrogens is 322 g/mol. The normalized spacial score (nSPS) is 10.4.